The summed E-state index contributed by atoms with van der Waals surface area (Å²) in [6.45, 7) is 1.88. The number of rotatable bonds is 1. The normalized spacial score (nSPS) is 10.9. The molecule has 0 saturated carbocycles. The Morgan fingerprint density at radius 2 is 1.85 bits per heavy atom. The van der Waals surface area contributed by atoms with Gasteiger partial charge < -0.3 is 5.73 Å². The molecule has 4 nitrogen and oxygen atoms in total. The zero-order chi connectivity index (χ0) is 14.3. The molecule has 0 aliphatic heterocycles. The zero-order valence-electron chi connectivity index (χ0n) is 10.8. The third kappa shape index (κ3) is 1.94. The van der Waals surface area contributed by atoms with Gasteiger partial charge in [0.2, 0.25) is 5.95 Å². The predicted octanol–water partition coefficient (Wildman–Crippen LogP) is 2.93. The van der Waals surface area contributed by atoms with Crippen molar-refractivity contribution in [2.24, 2.45) is 0 Å². The number of nitrogen functional groups attached to an aromatic ring is 1. The Bertz CT molecular complexity index is 853. The molecule has 0 atom stereocenters. The molecule has 0 spiro atoms. The van der Waals surface area contributed by atoms with Crippen molar-refractivity contribution in [1.82, 2.24) is 9.55 Å². The third-order valence-corrected chi connectivity index (χ3v) is 3.47. The van der Waals surface area contributed by atoms with Crippen LogP contribution in [-0.2, 0) is 0 Å². The topological polar surface area (TPSA) is 60.9 Å². The van der Waals surface area contributed by atoms with Gasteiger partial charge in [0.25, 0.3) is 5.56 Å². The van der Waals surface area contributed by atoms with E-state index in [9.17, 15) is 4.79 Å². The van der Waals surface area contributed by atoms with E-state index in [2.05, 4.69) is 4.98 Å². The first-order chi connectivity index (χ1) is 9.58. The summed E-state index contributed by atoms with van der Waals surface area (Å²) in [6, 6.07) is 12.4. The van der Waals surface area contributed by atoms with Crippen LogP contribution in [0.25, 0.3) is 16.6 Å². The van der Waals surface area contributed by atoms with Crippen molar-refractivity contribution >= 4 is 28.5 Å². The van der Waals surface area contributed by atoms with Crippen LogP contribution in [0.5, 0.6) is 0 Å². The molecule has 0 amide bonds. The molecule has 0 aliphatic carbocycles. The van der Waals surface area contributed by atoms with Gasteiger partial charge in [0.15, 0.2) is 0 Å². The fraction of sp³-hybridized carbons (Fsp3) is 0.0667. The highest BCUT2D eigenvalue weighted by molar-refractivity contribution is 6.30. The minimum atomic E-state index is -0.173. The summed E-state index contributed by atoms with van der Waals surface area (Å²) in [4.78, 5) is 17.0. The first kappa shape index (κ1) is 12.7. The Morgan fingerprint density at radius 3 is 2.55 bits per heavy atom. The van der Waals surface area contributed by atoms with Crippen molar-refractivity contribution in [2.45, 2.75) is 6.92 Å². The standard InChI is InChI=1S/C15H12ClN3O/c1-9-3-2-4-12-13(9)14(20)19(15(17)18-12)11-7-5-10(16)6-8-11/h2-8H,1H3,(H2,17,18). The molecule has 100 valence electrons. The van der Waals surface area contributed by atoms with Gasteiger partial charge >= 0.3 is 0 Å². The molecular formula is C15H12ClN3O. The quantitative estimate of drug-likeness (QED) is 0.748. The molecule has 0 unspecified atom stereocenters. The largest absolute Gasteiger partial charge is 0.369 e. The van der Waals surface area contributed by atoms with Crippen molar-refractivity contribution in [3.8, 4) is 5.69 Å². The molecule has 0 fully saturated rings. The molecule has 1 aromatic heterocycles. The average Bonchev–Trinajstić information content (AvgIpc) is 2.40. The first-order valence-electron chi connectivity index (χ1n) is 6.12. The predicted molar refractivity (Wildman–Crippen MR) is 81.5 cm³/mol. The summed E-state index contributed by atoms with van der Waals surface area (Å²) in [5, 5.41) is 1.18. The number of fused-ring (bicyclic) bond motifs is 1. The van der Waals surface area contributed by atoms with E-state index < -0.39 is 0 Å². The molecule has 0 aliphatic rings. The molecule has 3 aromatic rings. The Labute approximate surface area is 120 Å². The van der Waals surface area contributed by atoms with Gasteiger partial charge in [-0.1, -0.05) is 23.7 Å². The number of hydrogen-bond donors (Lipinski definition) is 1. The van der Waals surface area contributed by atoms with Crippen molar-refractivity contribution in [2.75, 3.05) is 5.73 Å². The first-order valence-corrected chi connectivity index (χ1v) is 6.49. The maximum absolute atomic E-state index is 12.7. The van der Waals surface area contributed by atoms with Crippen LogP contribution < -0.4 is 11.3 Å². The fourth-order valence-electron chi connectivity index (χ4n) is 2.25. The number of aryl methyl sites for hydroxylation is 1. The Balaban J connectivity index is 2.39. The van der Waals surface area contributed by atoms with E-state index in [1.54, 1.807) is 30.3 Å². The second-order valence-electron chi connectivity index (χ2n) is 4.56. The molecule has 2 N–H and O–H groups in total. The van der Waals surface area contributed by atoms with Gasteiger partial charge in [-0.2, -0.15) is 0 Å². The molecule has 5 heteroatoms. The second kappa shape index (κ2) is 4.65. The molecule has 0 bridgehead atoms. The minimum Gasteiger partial charge on any atom is -0.369 e. The smallest absolute Gasteiger partial charge is 0.267 e. The van der Waals surface area contributed by atoms with Gasteiger partial charge in [-0.15, -0.1) is 0 Å². The average molecular weight is 286 g/mol. The van der Waals surface area contributed by atoms with Crippen LogP contribution in [0.3, 0.4) is 0 Å². The van der Waals surface area contributed by atoms with Crippen LogP contribution in [-0.4, -0.2) is 9.55 Å². The Morgan fingerprint density at radius 1 is 1.15 bits per heavy atom. The van der Waals surface area contributed by atoms with Crippen molar-refractivity contribution in [3.05, 3.63) is 63.4 Å². The van der Waals surface area contributed by atoms with E-state index in [0.29, 0.717) is 21.6 Å². The van der Waals surface area contributed by atoms with E-state index in [-0.39, 0.29) is 11.5 Å². The monoisotopic (exact) mass is 285 g/mol. The Hall–Kier alpha value is -2.33. The summed E-state index contributed by atoms with van der Waals surface area (Å²) in [6.07, 6.45) is 0. The lowest BCUT2D eigenvalue weighted by molar-refractivity contribution is 0.981. The van der Waals surface area contributed by atoms with E-state index in [1.165, 1.54) is 4.57 Å². The number of benzene rings is 2. The van der Waals surface area contributed by atoms with Gasteiger partial charge in [0.1, 0.15) is 0 Å². The van der Waals surface area contributed by atoms with Gasteiger partial charge in [0, 0.05) is 5.02 Å². The fourth-order valence-corrected chi connectivity index (χ4v) is 2.38. The van der Waals surface area contributed by atoms with E-state index in [1.807, 2.05) is 19.1 Å². The third-order valence-electron chi connectivity index (χ3n) is 3.22. The maximum Gasteiger partial charge on any atom is 0.267 e. The second-order valence-corrected chi connectivity index (χ2v) is 4.99. The maximum atomic E-state index is 12.7. The van der Waals surface area contributed by atoms with Gasteiger partial charge in [-0.25, -0.2) is 9.55 Å². The number of nitrogens with zero attached hydrogens (tertiary/aromatic N) is 2. The molecule has 0 saturated heterocycles. The lowest BCUT2D eigenvalue weighted by Gasteiger charge is -2.11. The molecule has 3 rings (SSSR count). The molecule has 0 radical (unpaired) electrons. The SMILES string of the molecule is Cc1cccc2nc(N)n(-c3ccc(Cl)cc3)c(=O)c12. The number of hydrogen-bond acceptors (Lipinski definition) is 3. The number of halogens is 1. The summed E-state index contributed by atoms with van der Waals surface area (Å²) in [5.74, 6) is 0.162. The van der Waals surface area contributed by atoms with Crippen molar-refractivity contribution in [1.29, 1.82) is 0 Å². The number of aromatic nitrogens is 2. The lowest BCUT2D eigenvalue weighted by atomic mass is 10.1. The van der Waals surface area contributed by atoms with Crippen LogP contribution in [0, 0.1) is 6.92 Å². The minimum absolute atomic E-state index is 0.162. The number of anilines is 1. The van der Waals surface area contributed by atoms with Crippen LogP contribution in [0.4, 0.5) is 5.95 Å². The van der Waals surface area contributed by atoms with Crippen molar-refractivity contribution < 1.29 is 0 Å². The highest BCUT2D eigenvalue weighted by Gasteiger charge is 2.11. The highest BCUT2D eigenvalue weighted by Crippen LogP contribution is 2.18. The zero-order valence-corrected chi connectivity index (χ0v) is 11.6. The van der Waals surface area contributed by atoms with E-state index in [4.69, 9.17) is 17.3 Å². The van der Waals surface area contributed by atoms with E-state index >= 15 is 0 Å². The molecule has 1 heterocycles. The van der Waals surface area contributed by atoms with Gasteiger partial charge in [0.05, 0.1) is 16.6 Å². The van der Waals surface area contributed by atoms with Crippen LogP contribution in [0.15, 0.2) is 47.3 Å². The highest BCUT2D eigenvalue weighted by atomic mass is 35.5. The molecular weight excluding hydrogens is 274 g/mol. The van der Waals surface area contributed by atoms with Crippen LogP contribution in [0.1, 0.15) is 5.56 Å². The summed E-state index contributed by atoms with van der Waals surface area (Å²) >= 11 is 5.86. The molecule has 2 aromatic carbocycles. The van der Waals surface area contributed by atoms with Crippen LogP contribution in [0.2, 0.25) is 5.02 Å². The lowest BCUT2D eigenvalue weighted by Crippen LogP contribution is -2.23. The molecule has 20 heavy (non-hydrogen) atoms. The number of nitrogens with two attached hydrogens (primary N) is 1. The summed E-state index contributed by atoms with van der Waals surface area (Å²) < 4.78 is 1.39. The van der Waals surface area contributed by atoms with Gasteiger partial charge in [-0.05, 0) is 42.8 Å². The summed E-state index contributed by atoms with van der Waals surface area (Å²) in [7, 11) is 0. The van der Waals surface area contributed by atoms with E-state index in [0.717, 1.165) is 5.56 Å². The van der Waals surface area contributed by atoms with Gasteiger partial charge in [-0.3, -0.25) is 4.79 Å². The van der Waals surface area contributed by atoms with Crippen molar-refractivity contribution in [3.63, 3.8) is 0 Å². The van der Waals surface area contributed by atoms with Crippen LogP contribution >= 0.6 is 11.6 Å². The summed E-state index contributed by atoms with van der Waals surface area (Å²) in [5.41, 5.74) is 7.89. The Kier molecular flexibility index (Phi) is 2.95.